The van der Waals surface area contributed by atoms with Gasteiger partial charge in [-0.25, -0.2) is 4.39 Å². The van der Waals surface area contributed by atoms with E-state index in [1.54, 1.807) is 73.7 Å². The molecule has 0 aliphatic rings. The number of hydrogen-bond donors (Lipinski definition) is 3. The number of ether oxygens (including phenoxy) is 3. The van der Waals surface area contributed by atoms with Crippen LogP contribution in [0.25, 0.3) is 6.08 Å². The van der Waals surface area contributed by atoms with Crippen molar-refractivity contribution in [2.75, 3.05) is 32.0 Å². The summed E-state index contributed by atoms with van der Waals surface area (Å²) in [6, 6.07) is 22.6. The Bertz CT molecular complexity index is 1740. The number of thioether (sulfide) groups is 1. The average molecular weight is 664 g/mol. The molecule has 0 bridgehead atoms. The Morgan fingerprint density at radius 3 is 2.13 bits per heavy atom. The monoisotopic (exact) mass is 663 g/mol. The third-order valence-electron chi connectivity index (χ3n) is 6.49. The topological polar surface area (TPSA) is 115 Å². The number of amides is 3. The van der Waals surface area contributed by atoms with Crippen molar-refractivity contribution >= 4 is 58.5 Å². The summed E-state index contributed by atoms with van der Waals surface area (Å²) < 4.78 is 29.8. The Morgan fingerprint density at radius 2 is 1.50 bits per heavy atom. The highest BCUT2D eigenvalue weighted by atomic mass is 35.5. The first-order valence-corrected chi connectivity index (χ1v) is 15.1. The van der Waals surface area contributed by atoms with Crippen molar-refractivity contribution in [3.63, 3.8) is 0 Å². The van der Waals surface area contributed by atoms with Crippen LogP contribution >= 0.6 is 23.4 Å². The Labute approximate surface area is 275 Å². The molecule has 1 atom stereocenters. The summed E-state index contributed by atoms with van der Waals surface area (Å²) in [5, 5.41) is 7.60. The van der Waals surface area contributed by atoms with Gasteiger partial charge in [0, 0.05) is 21.8 Å². The summed E-state index contributed by atoms with van der Waals surface area (Å²) in [5.74, 6) is -0.871. The minimum atomic E-state index is -0.598. The van der Waals surface area contributed by atoms with Crippen LogP contribution in [0.3, 0.4) is 0 Å². The maximum absolute atomic E-state index is 13.6. The average Bonchev–Trinajstić information content (AvgIpc) is 3.06. The molecular formula is C34H31ClFN3O6S. The molecule has 0 saturated carbocycles. The predicted molar refractivity (Wildman–Crippen MR) is 178 cm³/mol. The first-order valence-electron chi connectivity index (χ1n) is 13.8. The van der Waals surface area contributed by atoms with Gasteiger partial charge in [-0.3, -0.25) is 14.4 Å². The molecule has 0 aromatic heterocycles. The fourth-order valence-corrected chi connectivity index (χ4v) is 5.32. The van der Waals surface area contributed by atoms with Crippen LogP contribution in [0, 0.1) is 5.82 Å². The second-order valence-corrected chi connectivity index (χ2v) is 11.5. The molecular weight excluding hydrogens is 633 g/mol. The van der Waals surface area contributed by atoms with Crippen LogP contribution in [0.4, 0.5) is 15.8 Å². The Kier molecular flexibility index (Phi) is 11.7. The number of nitrogens with one attached hydrogen (secondary N) is 3. The number of hydrogen-bond acceptors (Lipinski definition) is 7. The largest absolute Gasteiger partial charge is 0.493 e. The maximum atomic E-state index is 13.6. The zero-order valence-electron chi connectivity index (χ0n) is 25.4. The number of benzene rings is 4. The molecule has 46 heavy (non-hydrogen) atoms. The smallest absolute Gasteiger partial charge is 0.272 e. The number of methoxy groups -OCH3 is 3. The van der Waals surface area contributed by atoms with Crippen LogP contribution in [0.2, 0.25) is 5.02 Å². The minimum absolute atomic E-state index is 0.0492. The fraction of sp³-hybridized carbons (Fsp3) is 0.147. The van der Waals surface area contributed by atoms with Gasteiger partial charge in [0.2, 0.25) is 11.7 Å². The van der Waals surface area contributed by atoms with Gasteiger partial charge in [0.1, 0.15) is 11.5 Å². The van der Waals surface area contributed by atoms with E-state index >= 15 is 0 Å². The number of carbonyl (C=O) groups excluding carboxylic acids is 3. The van der Waals surface area contributed by atoms with Crippen molar-refractivity contribution < 1.29 is 33.0 Å². The third-order valence-corrected chi connectivity index (χ3v) is 7.87. The molecule has 0 saturated heterocycles. The van der Waals surface area contributed by atoms with Gasteiger partial charge in [0.25, 0.3) is 11.8 Å². The van der Waals surface area contributed by atoms with Crippen molar-refractivity contribution in [1.82, 2.24) is 5.32 Å². The molecule has 0 fully saturated rings. The van der Waals surface area contributed by atoms with Crippen molar-refractivity contribution in [2.45, 2.75) is 17.1 Å². The first-order chi connectivity index (χ1) is 22.1. The lowest BCUT2D eigenvalue weighted by Gasteiger charge is -2.15. The second kappa shape index (κ2) is 15.8. The molecule has 4 aromatic carbocycles. The number of rotatable bonds is 12. The van der Waals surface area contributed by atoms with E-state index in [0.717, 1.165) is 0 Å². The lowest BCUT2D eigenvalue weighted by Crippen LogP contribution is -2.30. The SMILES string of the molecule is COc1cc(/C=C(/NC(=O)c2ccccc2)C(=O)Nc2cccc(SC(C)C(=O)Nc3ccc(F)c(Cl)c3)c2)cc(OC)c1OC. The quantitative estimate of drug-likeness (QED) is 0.110. The third kappa shape index (κ3) is 8.80. The highest BCUT2D eigenvalue weighted by Crippen LogP contribution is 2.38. The highest BCUT2D eigenvalue weighted by molar-refractivity contribution is 8.00. The van der Waals surface area contributed by atoms with E-state index in [1.165, 1.54) is 57.4 Å². The molecule has 9 nitrogen and oxygen atoms in total. The fourth-order valence-electron chi connectivity index (χ4n) is 4.21. The van der Waals surface area contributed by atoms with E-state index in [4.69, 9.17) is 25.8 Å². The van der Waals surface area contributed by atoms with Gasteiger partial charge in [-0.2, -0.15) is 0 Å². The van der Waals surface area contributed by atoms with Gasteiger partial charge in [-0.05, 0) is 79.2 Å². The van der Waals surface area contributed by atoms with Gasteiger partial charge < -0.3 is 30.2 Å². The van der Waals surface area contributed by atoms with Gasteiger partial charge in [-0.15, -0.1) is 11.8 Å². The lowest BCUT2D eigenvalue weighted by molar-refractivity contribution is -0.115. The molecule has 238 valence electrons. The zero-order chi connectivity index (χ0) is 33.2. The van der Waals surface area contributed by atoms with Crippen molar-refractivity contribution in [1.29, 1.82) is 0 Å². The summed E-state index contributed by atoms with van der Waals surface area (Å²) >= 11 is 7.08. The molecule has 0 aliphatic carbocycles. The lowest BCUT2D eigenvalue weighted by atomic mass is 10.1. The van der Waals surface area contributed by atoms with Gasteiger partial charge in [0.05, 0.1) is 31.6 Å². The molecule has 4 rings (SSSR count). The molecule has 0 aliphatic heterocycles. The van der Waals surface area contributed by atoms with Gasteiger partial charge in [-0.1, -0.05) is 35.9 Å². The number of halogens is 2. The van der Waals surface area contributed by atoms with Crippen LogP contribution in [0.1, 0.15) is 22.8 Å². The highest BCUT2D eigenvalue weighted by Gasteiger charge is 2.19. The summed E-state index contributed by atoms with van der Waals surface area (Å²) in [6.07, 6.45) is 1.49. The summed E-state index contributed by atoms with van der Waals surface area (Å²) in [6.45, 7) is 1.72. The normalized spacial score (nSPS) is 11.7. The maximum Gasteiger partial charge on any atom is 0.272 e. The van der Waals surface area contributed by atoms with Crippen molar-refractivity contribution in [3.8, 4) is 17.2 Å². The van der Waals surface area contributed by atoms with Gasteiger partial charge >= 0.3 is 0 Å². The molecule has 0 radical (unpaired) electrons. The number of anilines is 2. The van der Waals surface area contributed by atoms with Crippen LogP contribution in [-0.4, -0.2) is 44.3 Å². The summed E-state index contributed by atoms with van der Waals surface area (Å²) in [5.41, 5.74) is 1.61. The molecule has 3 amide bonds. The van der Waals surface area contributed by atoms with Gasteiger partial charge in [0.15, 0.2) is 11.5 Å². The van der Waals surface area contributed by atoms with Crippen LogP contribution in [0.5, 0.6) is 17.2 Å². The van der Waals surface area contributed by atoms with E-state index in [1.807, 2.05) is 0 Å². The van der Waals surface area contributed by atoms with Crippen LogP contribution in [0.15, 0.2) is 95.5 Å². The van der Waals surface area contributed by atoms with E-state index in [0.29, 0.717) is 44.6 Å². The molecule has 0 spiro atoms. The first kappa shape index (κ1) is 33.9. The van der Waals surface area contributed by atoms with Crippen LogP contribution in [-0.2, 0) is 9.59 Å². The Balaban J connectivity index is 1.56. The van der Waals surface area contributed by atoms with E-state index in [-0.39, 0.29) is 16.6 Å². The molecule has 1 unspecified atom stereocenters. The standard InChI is InChI=1S/C34H31ClFN3O6S/c1-20(32(40)37-24-13-14-27(36)26(35)19-24)46-25-12-8-11-23(18-25)38-34(42)28(39-33(41)22-9-6-5-7-10-22)15-21-16-29(43-2)31(45-4)30(17-21)44-3/h5-20H,1-4H3,(H,37,40)(H,38,42)(H,39,41)/b28-15+. The minimum Gasteiger partial charge on any atom is -0.493 e. The molecule has 3 N–H and O–H groups in total. The second-order valence-electron chi connectivity index (χ2n) is 9.70. The Hall–Kier alpha value is -5.00. The zero-order valence-corrected chi connectivity index (χ0v) is 26.9. The summed E-state index contributed by atoms with van der Waals surface area (Å²) in [7, 11) is 4.43. The predicted octanol–water partition coefficient (Wildman–Crippen LogP) is 7.03. The van der Waals surface area contributed by atoms with Crippen molar-refractivity contribution in [2.24, 2.45) is 0 Å². The van der Waals surface area contributed by atoms with E-state index in [2.05, 4.69) is 16.0 Å². The molecule has 0 heterocycles. The Morgan fingerprint density at radius 1 is 0.826 bits per heavy atom. The van der Waals surface area contributed by atoms with E-state index < -0.39 is 22.9 Å². The molecule has 12 heteroatoms. The summed E-state index contributed by atoms with van der Waals surface area (Å²) in [4.78, 5) is 40.2. The van der Waals surface area contributed by atoms with Crippen LogP contribution < -0.4 is 30.2 Å². The van der Waals surface area contributed by atoms with Crippen molar-refractivity contribution in [3.05, 3.63) is 113 Å². The van der Waals surface area contributed by atoms with E-state index in [9.17, 15) is 18.8 Å². The number of carbonyl (C=O) groups is 3. The molecule has 4 aromatic rings.